The van der Waals surface area contributed by atoms with E-state index in [2.05, 4.69) is 21.9 Å². The van der Waals surface area contributed by atoms with E-state index in [-0.39, 0.29) is 6.04 Å². The second-order valence-corrected chi connectivity index (χ2v) is 3.56. The molecule has 0 aliphatic rings. The normalized spacial score (nSPS) is 12.3. The third-order valence-electron chi connectivity index (χ3n) is 1.98. The topological polar surface area (TPSA) is 37.8 Å². The van der Waals surface area contributed by atoms with Gasteiger partial charge in [-0.1, -0.05) is 17.7 Å². The minimum Gasteiger partial charge on any atom is -0.362 e. The van der Waals surface area contributed by atoms with Crippen molar-refractivity contribution < 1.29 is 0 Å². The van der Waals surface area contributed by atoms with Crippen LogP contribution >= 0.6 is 11.6 Å². The first kappa shape index (κ1) is 11.0. The molecule has 4 heteroatoms. The van der Waals surface area contributed by atoms with Crippen molar-refractivity contribution in [2.75, 3.05) is 5.32 Å². The fourth-order valence-corrected chi connectivity index (χ4v) is 1.17. The first-order valence-electron chi connectivity index (χ1n) is 4.44. The summed E-state index contributed by atoms with van der Waals surface area (Å²) in [6.45, 7) is 9.43. The molecule has 1 aromatic rings. The Morgan fingerprint density at radius 1 is 1.36 bits per heavy atom. The molecule has 0 aliphatic heterocycles. The summed E-state index contributed by atoms with van der Waals surface area (Å²) in [4.78, 5) is 8.47. The van der Waals surface area contributed by atoms with Crippen LogP contribution in [-0.4, -0.2) is 16.0 Å². The van der Waals surface area contributed by atoms with Crippen LogP contribution in [0.3, 0.4) is 0 Å². The molecular weight excluding hydrogens is 198 g/mol. The Bertz CT molecular complexity index is 349. The lowest BCUT2D eigenvalue weighted by atomic mass is 10.3. The van der Waals surface area contributed by atoms with Gasteiger partial charge < -0.3 is 5.32 Å². The van der Waals surface area contributed by atoms with Gasteiger partial charge in [-0.2, -0.15) is 0 Å². The summed E-state index contributed by atoms with van der Waals surface area (Å²) in [6.07, 6.45) is 1.78. The molecule has 1 heterocycles. The standard InChI is InChI=1S/C10H14ClN3/c1-5-6(2)12-10-9(11)13-7(3)8(4)14-10/h5-6H,1H2,2-4H3,(H,12,14). The molecule has 0 amide bonds. The van der Waals surface area contributed by atoms with E-state index < -0.39 is 0 Å². The Morgan fingerprint density at radius 2 is 1.93 bits per heavy atom. The van der Waals surface area contributed by atoms with Crippen molar-refractivity contribution in [1.82, 2.24) is 9.97 Å². The zero-order valence-corrected chi connectivity index (χ0v) is 9.39. The Morgan fingerprint density at radius 3 is 2.50 bits per heavy atom. The molecule has 0 radical (unpaired) electrons. The van der Waals surface area contributed by atoms with Gasteiger partial charge in [0.05, 0.1) is 11.4 Å². The van der Waals surface area contributed by atoms with Gasteiger partial charge in [-0.15, -0.1) is 6.58 Å². The van der Waals surface area contributed by atoms with Gasteiger partial charge >= 0.3 is 0 Å². The molecule has 0 aliphatic carbocycles. The molecule has 1 unspecified atom stereocenters. The number of rotatable bonds is 3. The lowest BCUT2D eigenvalue weighted by molar-refractivity contribution is 0.956. The molecule has 0 bridgehead atoms. The Hall–Kier alpha value is -1.09. The highest BCUT2D eigenvalue weighted by Crippen LogP contribution is 2.19. The zero-order valence-electron chi connectivity index (χ0n) is 8.63. The highest BCUT2D eigenvalue weighted by molar-refractivity contribution is 6.31. The van der Waals surface area contributed by atoms with Crippen LogP contribution in [0.2, 0.25) is 5.15 Å². The fourth-order valence-electron chi connectivity index (χ4n) is 0.942. The van der Waals surface area contributed by atoms with Gasteiger partial charge in [0.1, 0.15) is 0 Å². The van der Waals surface area contributed by atoms with Crippen molar-refractivity contribution in [2.24, 2.45) is 0 Å². The summed E-state index contributed by atoms with van der Waals surface area (Å²) in [5.74, 6) is 0.613. The molecule has 1 aromatic heterocycles. The Labute approximate surface area is 89.2 Å². The van der Waals surface area contributed by atoms with Crippen LogP contribution in [0.4, 0.5) is 5.82 Å². The molecule has 1 atom stereocenters. The van der Waals surface area contributed by atoms with Crippen LogP contribution in [0.25, 0.3) is 0 Å². The molecule has 0 saturated carbocycles. The van der Waals surface area contributed by atoms with E-state index in [0.29, 0.717) is 11.0 Å². The summed E-state index contributed by atoms with van der Waals surface area (Å²) in [6, 6.07) is 0.129. The van der Waals surface area contributed by atoms with Crippen molar-refractivity contribution in [3.05, 3.63) is 29.2 Å². The average molecular weight is 212 g/mol. The highest BCUT2D eigenvalue weighted by atomic mass is 35.5. The number of anilines is 1. The van der Waals surface area contributed by atoms with Gasteiger partial charge in [0.15, 0.2) is 11.0 Å². The van der Waals surface area contributed by atoms with E-state index in [1.807, 2.05) is 20.8 Å². The first-order valence-corrected chi connectivity index (χ1v) is 4.82. The van der Waals surface area contributed by atoms with E-state index in [4.69, 9.17) is 11.6 Å². The summed E-state index contributed by atoms with van der Waals surface area (Å²) in [5.41, 5.74) is 1.74. The predicted molar refractivity (Wildman–Crippen MR) is 59.8 cm³/mol. The molecule has 0 saturated heterocycles. The third-order valence-corrected chi connectivity index (χ3v) is 2.25. The Balaban J connectivity index is 2.97. The molecular formula is C10H14ClN3. The van der Waals surface area contributed by atoms with Crippen LogP contribution in [0.15, 0.2) is 12.7 Å². The van der Waals surface area contributed by atoms with Gasteiger partial charge in [0, 0.05) is 6.04 Å². The van der Waals surface area contributed by atoms with Crippen LogP contribution in [0, 0.1) is 13.8 Å². The minimum atomic E-state index is 0.129. The van der Waals surface area contributed by atoms with Gasteiger partial charge in [0.25, 0.3) is 0 Å². The van der Waals surface area contributed by atoms with Crippen molar-refractivity contribution in [3.8, 4) is 0 Å². The van der Waals surface area contributed by atoms with E-state index in [0.717, 1.165) is 11.4 Å². The number of nitrogens with one attached hydrogen (secondary N) is 1. The van der Waals surface area contributed by atoms with Gasteiger partial charge in [-0.25, -0.2) is 9.97 Å². The summed E-state index contributed by atoms with van der Waals surface area (Å²) < 4.78 is 0. The number of nitrogens with zero attached hydrogens (tertiary/aromatic N) is 2. The lowest BCUT2D eigenvalue weighted by Crippen LogP contribution is -2.14. The predicted octanol–water partition coefficient (Wildman–Crippen LogP) is 2.73. The van der Waals surface area contributed by atoms with Gasteiger partial charge in [0.2, 0.25) is 0 Å². The average Bonchev–Trinajstić information content (AvgIpc) is 2.14. The van der Waals surface area contributed by atoms with Gasteiger partial charge in [-0.05, 0) is 20.8 Å². The first-order chi connectivity index (χ1) is 6.54. The van der Waals surface area contributed by atoms with Crippen molar-refractivity contribution >= 4 is 17.4 Å². The van der Waals surface area contributed by atoms with Crippen molar-refractivity contribution in [1.29, 1.82) is 0 Å². The number of halogens is 1. The summed E-state index contributed by atoms with van der Waals surface area (Å²) in [7, 11) is 0. The van der Waals surface area contributed by atoms with E-state index in [9.17, 15) is 0 Å². The monoisotopic (exact) mass is 211 g/mol. The molecule has 14 heavy (non-hydrogen) atoms. The smallest absolute Gasteiger partial charge is 0.171 e. The molecule has 1 rings (SSSR count). The summed E-state index contributed by atoms with van der Waals surface area (Å²) in [5, 5.41) is 3.51. The third kappa shape index (κ3) is 2.45. The number of aromatic nitrogens is 2. The maximum atomic E-state index is 5.93. The van der Waals surface area contributed by atoms with Crippen LogP contribution in [0.1, 0.15) is 18.3 Å². The van der Waals surface area contributed by atoms with E-state index in [1.165, 1.54) is 0 Å². The van der Waals surface area contributed by atoms with Crippen LogP contribution < -0.4 is 5.32 Å². The fraction of sp³-hybridized carbons (Fsp3) is 0.400. The molecule has 76 valence electrons. The van der Waals surface area contributed by atoms with Crippen molar-refractivity contribution in [3.63, 3.8) is 0 Å². The number of hydrogen-bond donors (Lipinski definition) is 1. The molecule has 0 spiro atoms. The van der Waals surface area contributed by atoms with Crippen LogP contribution in [0.5, 0.6) is 0 Å². The maximum Gasteiger partial charge on any atom is 0.171 e. The van der Waals surface area contributed by atoms with E-state index in [1.54, 1.807) is 6.08 Å². The summed E-state index contributed by atoms with van der Waals surface area (Å²) >= 11 is 5.93. The second-order valence-electron chi connectivity index (χ2n) is 3.20. The quantitative estimate of drug-likeness (QED) is 0.782. The van der Waals surface area contributed by atoms with Crippen LogP contribution in [-0.2, 0) is 0 Å². The largest absolute Gasteiger partial charge is 0.362 e. The minimum absolute atomic E-state index is 0.129. The van der Waals surface area contributed by atoms with Gasteiger partial charge in [-0.3, -0.25) is 0 Å². The number of aryl methyl sites for hydroxylation is 2. The highest BCUT2D eigenvalue weighted by Gasteiger charge is 2.07. The maximum absolute atomic E-state index is 5.93. The lowest BCUT2D eigenvalue weighted by Gasteiger charge is -2.12. The van der Waals surface area contributed by atoms with Crippen molar-refractivity contribution in [2.45, 2.75) is 26.8 Å². The molecule has 0 aromatic carbocycles. The molecule has 0 fully saturated rings. The SMILES string of the molecule is C=CC(C)Nc1nc(C)c(C)nc1Cl. The number of hydrogen-bond acceptors (Lipinski definition) is 3. The Kier molecular flexibility index (Phi) is 3.47. The zero-order chi connectivity index (χ0) is 10.7. The van der Waals surface area contributed by atoms with E-state index >= 15 is 0 Å². The molecule has 1 N–H and O–H groups in total. The second kappa shape index (κ2) is 4.42. The molecule has 3 nitrogen and oxygen atoms in total.